The molecule has 1 aromatic heterocycles. The van der Waals surface area contributed by atoms with Gasteiger partial charge in [0.2, 0.25) is 0 Å². The van der Waals surface area contributed by atoms with Crippen LogP contribution in [0.2, 0.25) is 0 Å². The van der Waals surface area contributed by atoms with Crippen molar-refractivity contribution in [1.29, 1.82) is 0 Å². The Morgan fingerprint density at radius 1 is 1.50 bits per heavy atom. The van der Waals surface area contributed by atoms with Crippen LogP contribution in [0.3, 0.4) is 0 Å². The van der Waals surface area contributed by atoms with Crippen LogP contribution in [0.15, 0.2) is 24.4 Å². The molecule has 64 valence electrons. The van der Waals surface area contributed by atoms with Crippen molar-refractivity contribution in [3.05, 3.63) is 30.1 Å². The van der Waals surface area contributed by atoms with Crippen LogP contribution in [-0.2, 0) is 0 Å². The van der Waals surface area contributed by atoms with Crippen LogP contribution in [0, 0.1) is 0 Å². The molecule has 0 amide bonds. The standard InChI is InChI=1S/C9H12N2S/c1-7(2)11-9(12)8-5-3-4-6-10-8/h3-7H,1-2H3,(H,11,12). The van der Waals surface area contributed by atoms with Crippen LogP contribution in [0.5, 0.6) is 0 Å². The first kappa shape index (κ1) is 9.13. The van der Waals surface area contributed by atoms with Crippen molar-refractivity contribution >= 4 is 17.2 Å². The number of hydrogen-bond donors (Lipinski definition) is 1. The van der Waals surface area contributed by atoms with Gasteiger partial charge in [0, 0.05) is 12.2 Å². The maximum atomic E-state index is 5.12. The number of thiocarbonyl (C=S) groups is 1. The number of hydrogen-bond acceptors (Lipinski definition) is 2. The topological polar surface area (TPSA) is 24.9 Å². The minimum atomic E-state index is 0.361. The van der Waals surface area contributed by atoms with Gasteiger partial charge in [0.25, 0.3) is 0 Å². The predicted molar refractivity (Wildman–Crippen MR) is 54.2 cm³/mol. The molecule has 0 aromatic carbocycles. The lowest BCUT2D eigenvalue weighted by atomic mass is 10.3. The van der Waals surface area contributed by atoms with Gasteiger partial charge in [-0.15, -0.1) is 0 Å². The summed E-state index contributed by atoms with van der Waals surface area (Å²) >= 11 is 5.12. The molecule has 0 radical (unpaired) electrons. The SMILES string of the molecule is CC(C)NC(=S)c1ccccn1. The van der Waals surface area contributed by atoms with Gasteiger partial charge >= 0.3 is 0 Å². The van der Waals surface area contributed by atoms with Crippen LogP contribution in [0.4, 0.5) is 0 Å². The maximum Gasteiger partial charge on any atom is 0.125 e. The summed E-state index contributed by atoms with van der Waals surface area (Å²) in [6, 6.07) is 6.06. The van der Waals surface area contributed by atoms with Crippen molar-refractivity contribution in [2.75, 3.05) is 0 Å². The lowest BCUT2D eigenvalue weighted by Gasteiger charge is -2.09. The van der Waals surface area contributed by atoms with Crippen molar-refractivity contribution < 1.29 is 0 Å². The lowest BCUT2D eigenvalue weighted by Crippen LogP contribution is -2.29. The summed E-state index contributed by atoms with van der Waals surface area (Å²) in [4.78, 5) is 4.84. The molecule has 0 fully saturated rings. The molecule has 0 atom stereocenters. The second-order valence-corrected chi connectivity index (χ2v) is 3.25. The van der Waals surface area contributed by atoms with E-state index < -0.39 is 0 Å². The average Bonchev–Trinajstić information content (AvgIpc) is 2.05. The minimum Gasteiger partial charge on any atom is -0.372 e. The third-order valence-corrected chi connectivity index (χ3v) is 1.64. The molecule has 0 saturated heterocycles. The molecule has 3 heteroatoms. The Balaban J connectivity index is 2.66. The Labute approximate surface area is 78.0 Å². The van der Waals surface area contributed by atoms with E-state index in [1.807, 2.05) is 18.2 Å². The molecule has 0 aliphatic carbocycles. The quantitative estimate of drug-likeness (QED) is 0.702. The Hall–Kier alpha value is -0.960. The Morgan fingerprint density at radius 2 is 2.25 bits per heavy atom. The molecular formula is C9H12N2S. The molecule has 0 saturated carbocycles. The number of aromatic nitrogens is 1. The van der Waals surface area contributed by atoms with E-state index in [-0.39, 0.29) is 0 Å². The first-order valence-corrected chi connectivity index (χ1v) is 4.33. The van der Waals surface area contributed by atoms with Gasteiger partial charge in [0.1, 0.15) is 4.99 Å². The van der Waals surface area contributed by atoms with Gasteiger partial charge in [-0.25, -0.2) is 0 Å². The van der Waals surface area contributed by atoms with E-state index in [4.69, 9.17) is 12.2 Å². The van der Waals surface area contributed by atoms with Crippen molar-refractivity contribution in [3.63, 3.8) is 0 Å². The summed E-state index contributed by atoms with van der Waals surface area (Å²) in [5.74, 6) is 0. The molecule has 1 heterocycles. The Morgan fingerprint density at radius 3 is 2.75 bits per heavy atom. The number of pyridine rings is 1. The largest absolute Gasteiger partial charge is 0.372 e. The van der Waals surface area contributed by atoms with E-state index in [0.29, 0.717) is 11.0 Å². The van der Waals surface area contributed by atoms with Crippen molar-refractivity contribution in [2.24, 2.45) is 0 Å². The van der Waals surface area contributed by atoms with E-state index in [2.05, 4.69) is 24.1 Å². The molecule has 0 bridgehead atoms. The van der Waals surface area contributed by atoms with E-state index in [1.54, 1.807) is 6.20 Å². The van der Waals surface area contributed by atoms with Crippen LogP contribution in [-0.4, -0.2) is 16.0 Å². The first-order valence-electron chi connectivity index (χ1n) is 3.92. The van der Waals surface area contributed by atoms with Crippen molar-refractivity contribution in [1.82, 2.24) is 10.3 Å². The Bertz CT molecular complexity index is 256. The average molecular weight is 180 g/mol. The molecule has 1 rings (SSSR count). The van der Waals surface area contributed by atoms with Crippen LogP contribution in [0.1, 0.15) is 19.5 Å². The second kappa shape index (κ2) is 4.16. The highest BCUT2D eigenvalue weighted by Gasteiger charge is 2.01. The van der Waals surface area contributed by atoms with Crippen LogP contribution < -0.4 is 5.32 Å². The van der Waals surface area contributed by atoms with E-state index in [9.17, 15) is 0 Å². The highest BCUT2D eigenvalue weighted by atomic mass is 32.1. The summed E-state index contributed by atoms with van der Waals surface area (Å²) < 4.78 is 0. The van der Waals surface area contributed by atoms with Gasteiger partial charge in [0.05, 0.1) is 5.69 Å². The number of rotatable bonds is 2. The molecule has 1 N–H and O–H groups in total. The van der Waals surface area contributed by atoms with Crippen molar-refractivity contribution in [2.45, 2.75) is 19.9 Å². The van der Waals surface area contributed by atoms with Crippen LogP contribution in [0.25, 0.3) is 0 Å². The fourth-order valence-corrected chi connectivity index (χ4v) is 1.19. The summed E-state index contributed by atoms with van der Waals surface area (Å²) in [6.07, 6.45) is 1.74. The summed E-state index contributed by atoms with van der Waals surface area (Å²) in [5.41, 5.74) is 0.834. The van der Waals surface area contributed by atoms with Gasteiger partial charge in [-0.3, -0.25) is 4.98 Å². The van der Waals surface area contributed by atoms with Gasteiger partial charge in [-0.2, -0.15) is 0 Å². The maximum absolute atomic E-state index is 5.12. The smallest absolute Gasteiger partial charge is 0.125 e. The molecule has 0 aliphatic rings. The first-order chi connectivity index (χ1) is 5.70. The number of nitrogens with one attached hydrogen (secondary N) is 1. The zero-order valence-electron chi connectivity index (χ0n) is 7.24. The fraction of sp³-hybridized carbons (Fsp3) is 0.333. The minimum absolute atomic E-state index is 0.361. The van der Waals surface area contributed by atoms with Gasteiger partial charge in [-0.05, 0) is 26.0 Å². The summed E-state index contributed by atoms with van der Waals surface area (Å²) in [7, 11) is 0. The molecule has 0 aliphatic heterocycles. The Kier molecular flexibility index (Phi) is 3.17. The highest BCUT2D eigenvalue weighted by Crippen LogP contribution is 1.95. The van der Waals surface area contributed by atoms with Gasteiger partial charge < -0.3 is 5.32 Å². The van der Waals surface area contributed by atoms with E-state index >= 15 is 0 Å². The molecule has 0 spiro atoms. The van der Waals surface area contributed by atoms with Gasteiger partial charge in [-0.1, -0.05) is 18.3 Å². The molecule has 1 aromatic rings. The third kappa shape index (κ3) is 2.58. The van der Waals surface area contributed by atoms with E-state index in [0.717, 1.165) is 5.69 Å². The van der Waals surface area contributed by atoms with E-state index in [1.165, 1.54) is 0 Å². The fourth-order valence-electron chi connectivity index (χ4n) is 0.833. The highest BCUT2D eigenvalue weighted by molar-refractivity contribution is 7.80. The predicted octanol–water partition coefficient (Wildman–Crippen LogP) is 1.76. The summed E-state index contributed by atoms with van der Waals surface area (Å²) in [5, 5.41) is 3.13. The molecule has 0 unspecified atom stereocenters. The molecule has 12 heavy (non-hydrogen) atoms. The molecular weight excluding hydrogens is 168 g/mol. The van der Waals surface area contributed by atoms with Crippen LogP contribution >= 0.6 is 12.2 Å². The van der Waals surface area contributed by atoms with Gasteiger partial charge in [0.15, 0.2) is 0 Å². The summed E-state index contributed by atoms with van der Waals surface area (Å²) in [6.45, 7) is 4.10. The zero-order chi connectivity index (χ0) is 8.97. The zero-order valence-corrected chi connectivity index (χ0v) is 8.06. The number of nitrogens with zero attached hydrogens (tertiary/aromatic N) is 1. The normalized spacial score (nSPS) is 9.92. The third-order valence-electron chi connectivity index (χ3n) is 1.32. The van der Waals surface area contributed by atoms with Crippen molar-refractivity contribution in [3.8, 4) is 0 Å². The lowest BCUT2D eigenvalue weighted by molar-refractivity contribution is 0.739. The second-order valence-electron chi connectivity index (χ2n) is 2.84. The molecule has 2 nitrogen and oxygen atoms in total. The monoisotopic (exact) mass is 180 g/mol.